The highest BCUT2D eigenvalue weighted by molar-refractivity contribution is 6.35. The van der Waals surface area contributed by atoms with Crippen molar-refractivity contribution in [3.8, 4) is 0 Å². The maximum absolute atomic E-state index is 12.2. The van der Waals surface area contributed by atoms with Gasteiger partial charge in [-0.05, 0) is 42.8 Å². The average Bonchev–Trinajstić information content (AvgIpc) is 2.64. The highest BCUT2D eigenvalue weighted by Gasteiger charge is 2.17. The Labute approximate surface area is 164 Å². The van der Waals surface area contributed by atoms with Crippen molar-refractivity contribution in [1.29, 1.82) is 0 Å². The van der Waals surface area contributed by atoms with E-state index in [0.29, 0.717) is 22.2 Å². The van der Waals surface area contributed by atoms with Gasteiger partial charge in [-0.1, -0.05) is 35.3 Å². The molecule has 0 bridgehead atoms. The van der Waals surface area contributed by atoms with E-state index in [4.69, 9.17) is 23.2 Å². The largest absolute Gasteiger partial charge is 0.369 e. The van der Waals surface area contributed by atoms with Crippen LogP contribution >= 0.6 is 23.2 Å². The standard InChI is InChI=1S/C20H23Cl2N3O/c1-15-3-2-4-17(13-15)25-11-9-24(10-12-25)8-7-23-20(26)18-14-16(21)5-6-19(18)22/h2-6,13-14H,7-12H2,1H3,(H,23,26). The molecule has 1 heterocycles. The van der Waals surface area contributed by atoms with E-state index in [1.54, 1.807) is 18.2 Å². The van der Waals surface area contributed by atoms with Gasteiger partial charge < -0.3 is 10.2 Å². The molecule has 26 heavy (non-hydrogen) atoms. The van der Waals surface area contributed by atoms with Crippen LogP contribution < -0.4 is 10.2 Å². The van der Waals surface area contributed by atoms with Crippen LogP contribution in [0, 0.1) is 6.92 Å². The van der Waals surface area contributed by atoms with Crippen LogP contribution in [0.4, 0.5) is 5.69 Å². The molecule has 0 spiro atoms. The fourth-order valence-electron chi connectivity index (χ4n) is 3.15. The van der Waals surface area contributed by atoms with Crippen LogP contribution in [0.15, 0.2) is 42.5 Å². The third kappa shape index (κ3) is 4.91. The number of rotatable bonds is 5. The van der Waals surface area contributed by atoms with Crippen molar-refractivity contribution in [2.75, 3.05) is 44.2 Å². The van der Waals surface area contributed by atoms with E-state index in [0.717, 1.165) is 32.7 Å². The van der Waals surface area contributed by atoms with Gasteiger partial charge >= 0.3 is 0 Å². The van der Waals surface area contributed by atoms with Crippen LogP contribution in [-0.4, -0.2) is 50.1 Å². The molecule has 1 aliphatic heterocycles. The van der Waals surface area contributed by atoms with Crippen molar-refractivity contribution in [3.05, 3.63) is 63.6 Å². The van der Waals surface area contributed by atoms with Gasteiger partial charge in [0.1, 0.15) is 0 Å². The van der Waals surface area contributed by atoms with Crippen molar-refractivity contribution in [3.63, 3.8) is 0 Å². The Balaban J connectivity index is 1.44. The summed E-state index contributed by atoms with van der Waals surface area (Å²) in [7, 11) is 0. The summed E-state index contributed by atoms with van der Waals surface area (Å²) in [4.78, 5) is 17.0. The molecule has 2 aromatic carbocycles. The van der Waals surface area contributed by atoms with Gasteiger partial charge in [0.05, 0.1) is 10.6 Å². The first kappa shape index (κ1) is 19.0. The number of halogens is 2. The second kappa shape index (κ2) is 8.76. The maximum atomic E-state index is 12.2. The van der Waals surface area contributed by atoms with E-state index in [1.165, 1.54) is 11.3 Å². The lowest BCUT2D eigenvalue weighted by atomic mass is 10.2. The summed E-state index contributed by atoms with van der Waals surface area (Å²) < 4.78 is 0. The number of anilines is 1. The lowest BCUT2D eigenvalue weighted by molar-refractivity contribution is 0.0948. The number of amides is 1. The van der Waals surface area contributed by atoms with Gasteiger partial charge in [-0.2, -0.15) is 0 Å². The molecular weight excluding hydrogens is 369 g/mol. The zero-order valence-corrected chi connectivity index (χ0v) is 16.4. The zero-order valence-electron chi connectivity index (χ0n) is 14.8. The molecule has 0 saturated carbocycles. The quantitative estimate of drug-likeness (QED) is 0.840. The van der Waals surface area contributed by atoms with Crippen molar-refractivity contribution in [2.45, 2.75) is 6.92 Å². The van der Waals surface area contributed by atoms with E-state index < -0.39 is 0 Å². The van der Waals surface area contributed by atoms with Gasteiger partial charge in [-0.25, -0.2) is 0 Å². The minimum atomic E-state index is -0.184. The maximum Gasteiger partial charge on any atom is 0.252 e. The third-order valence-electron chi connectivity index (χ3n) is 4.63. The number of hydrogen-bond acceptors (Lipinski definition) is 3. The van der Waals surface area contributed by atoms with E-state index >= 15 is 0 Å². The van der Waals surface area contributed by atoms with Crippen molar-refractivity contribution in [2.24, 2.45) is 0 Å². The Hall–Kier alpha value is -1.75. The SMILES string of the molecule is Cc1cccc(N2CCN(CCNC(=O)c3cc(Cl)ccc3Cl)CC2)c1. The lowest BCUT2D eigenvalue weighted by Crippen LogP contribution is -2.48. The lowest BCUT2D eigenvalue weighted by Gasteiger charge is -2.36. The fourth-order valence-corrected chi connectivity index (χ4v) is 3.52. The molecule has 1 N–H and O–H groups in total. The summed E-state index contributed by atoms with van der Waals surface area (Å²) in [5, 5.41) is 3.85. The molecule has 1 aliphatic rings. The smallest absolute Gasteiger partial charge is 0.252 e. The predicted octanol–water partition coefficient (Wildman–Crippen LogP) is 3.85. The number of aryl methyl sites for hydroxylation is 1. The number of nitrogens with zero attached hydrogens (tertiary/aromatic N) is 2. The van der Waals surface area contributed by atoms with Crippen LogP contribution in [0.2, 0.25) is 10.0 Å². The monoisotopic (exact) mass is 391 g/mol. The molecule has 1 amide bonds. The van der Waals surface area contributed by atoms with Crippen LogP contribution in [-0.2, 0) is 0 Å². The van der Waals surface area contributed by atoms with Crippen molar-refractivity contribution < 1.29 is 4.79 Å². The second-order valence-electron chi connectivity index (χ2n) is 6.55. The Morgan fingerprint density at radius 3 is 2.58 bits per heavy atom. The first-order valence-electron chi connectivity index (χ1n) is 8.80. The van der Waals surface area contributed by atoms with Crippen molar-refractivity contribution in [1.82, 2.24) is 10.2 Å². The molecule has 3 rings (SSSR count). The minimum absolute atomic E-state index is 0.184. The molecule has 0 radical (unpaired) electrons. The Kier molecular flexibility index (Phi) is 6.41. The summed E-state index contributed by atoms with van der Waals surface area (Å²) in [5.41, 5.74) is 2.99. The normalized spacial score (nSPS) is 15.1. The number of benzene rings is 2. The number of hydrogen-bond donors (Lipinski definition) is 1. The first-order valence-corrected chi connectivity index (χ1v) is 9.56. The van der Waals surface area contributed by atoms with Crippen molar-refractivity contribution >= 4 is 34.8 Å². The van der Waals surface area contributed by atoms with E-state index in [9.17, 15) is 4.79 Å². The molecule has 6 heteroatoms. The van der Waals surface area contributed by atoms with Crippen LogP contribution in [0.3, 0.4) is 0 Å². The summed E-state index contributed by atoms with van der Waals surface area (Å²) in [6, 6.07) is 13.5. The minimum Gasteiger partial charge on any atom is -0.369 e. The van der Waals surface area contributed by atoms with Crippen LogP contribution in [0.25, 0.3) is 0 Å². The number of carbonyl (C=O) groups excluding carboxylic acids is 1. The Morgan fingerprint density at radius 1 is 1.08 bits per heavy atom. The van der Waals surface area contributed by atoms with E-state index in [2.05, 4.69) is 46.3 Å². The molecule has 2 aromatic rings. The molecule has 4 nitrogen and oxygen atoms in total. The van der Waals surface area contributed by atoms with Gasteiger partial charge in [0.25, 0.3) is 5.91 Å². The molecular formula is C20H23Cl2N3O. The molecule has 1 fully saturated rings. The van der Waals surface area contributed by atoms with Crippen LogP contribution in [0.1, 0.15) is 15.9 Å². The van der Waals surface area contributed by atoms with Crippen LogP contribution in [0.5, 0.6) is 0 Å². The van der Waals surface area contributed by atoms with Gasteiger partial charge in [-0.15, -0.1) is 0 Å². The molecule has 1 saturated heterocycles. The second-order valence-corrected chi connectivity index (χ2v) is 7.39. The molecule has 0 unspecified atom stereocenters. The summed E-state index contributed by atoms with van der Waals surface area (Å²) in [5.74, 6) is -0.184. The fraction of sp³-hybridized carbons (Fsp3) is 0.350. The molecule has 0 atom stereocenters. The van der Waals surface area contributed by atoms with Gasteiger partial charge in [0.15, 0.2) is 0 Å². The predicted molar refractivity (Wildman–Crippen MR) is 109 cm³/mol. The third-order valence-corrected chi connectivity index (χ3v) is 5.19. The number of carbonyl (C=O) groups is 1. The number of nitrogens with one attached hydrogen (secondary N) is 1. The van der Waals surface area contributed by atoms with E-state index in [-0.39, 0.29) is 5.91 Å². The highest BCUT2D eigenvalue weighted by Crippen LogP contribution is 2.20. The number of piperazine rings is 1. The highest BCUT2D eigenvalue weighted by atomic mass is 35.5. The van der Waals surface area contributed by atoms with Gasteiger partial charge in [0, 0.05) is 50.0 Å². The molecule has 0 aromatic heterocycles. The van der Waals surface area contributed by atoms with E-state index in [1.807, 2.05) is 0 Å². The topological polar surface area (TPSA) is 35.6 Å². The summed E-state index contributed by atoms with van der Waals surface area (Å²) in [6.45, 7) is 7.50. The molecule has 0 aliphatic carbocycles. The van der Waals surface area contributed by atoms with Gasteiger partial charge in [0.2, 0.25) is 0 Å². The summed E-state index contributed by atoms with van der Waals surface area (Å²) >= 11 is 12.0. The Bertz CT molecular complexity index is 773. The summed E-state index contributed by atoms with van der Waals surface area (Å²) in [6.07, 6.45) is 0. The Morgan fingerprint density at radius 2 is 1.85 bits per heavy atom. The molecule has 138 valence electrons. The van der Waals surface area contributed by atoms with Gasteiger partial charge in [-0.3, -0.25) is 9.69 Å². The zero-order chi connectivity index (χ0) is 18.5. The average molecular weight is 392 g/mol. The first-order chi connectivity index (χ1) is 12.5.